The minimum Gasteiger partial charge on any atom is -0.479 e. The Kier molecular flexibility index (Phi) is 3.66. The molecule has 3 unspecified atom stereocenters. The van der Waals surface area contributed by atoms with Gasteiger partial charge in [-0.25, -0.2) is 4.79 Å². The number of aliphatic hydroxyl groups is 1. The molecule has 5 heteroatoms. The van der Waals surface area contributed by atoms with Crippen LogP contribution in [0.4, 0.5) is 0 Å². The molecule has 0 saturated heterocycles. The average Bonchev–Trinajstić information content (AvgIpc) is 3.02. The average molecular weight is 241 g/mol. The quantitative estimate of drug-likeness (QED) is 0.649. The molecule has 0 aromatic heterocycles. The molecule has 0 bridgehead atoms. The predicted molar refractivity (Wildman–Crippen MR) is 60.2 cm³/mol. The van der Waals surface area contributed by atoms with Crippen LogP contribution in [-0.2, 0) is 9.59 Å². The van der Waals surface area contributed by atoms with Crippen molar-refractivity contribution in [2.24, 2.45) is 17.8 Å². The lowest BCUT2D eigenvalue weighted by Crippen LogP contribution is -2.31. The molecule has 2 aliphatic carbocycles. The maximum absolute atomic E-state index is 11.8. The third-order valence-electron chi connectivity index (χ3n) is 3.96. The van der Waals surface area contributed by atoms with Gasteiger partial charge in [0.2, 0.25) is 5.91 Å². The highest BCUT2D eigenvalue weighted by Crippen LogP contribution is 2.55. The third-order valence-corrected chi connectivity index (χ3v) is 3.96. The SMILES string of the molecule is O=C(O)C(O)CCNC(=O)C1C2CCCCC21. The molecule has 3 N–H and O–H groups in total. The normalized spacial score (nSPS) is 32.4. The molecule has 2 rings (SSSR count). The number of carbonyl (C=O) groups excluding carboxylic acids is 1. The number of fused-ring (bicyclic) bond motifs is 1. The number of carbonyl (C=O) groups is 2. The molecule has 1 amide bonds. The number of aliphatic carboxylic acids is 1. The summed E-state index contributed by atoms with van der Waals surface area (Å²) in [7, 11) is 0. The Hall–Kier alpha value is -1.10. The maximum Gasteiger partial charge on any atom is 0.332 e. The Morgan fingerprint density at radius 3 is 2.35 bits per heavy atom. The number of hydrogen-bond donors (Lipinski definition) is 3. The molecule has 2 saturated carbocycles. The van der Waals surface area contributed by atoms with E-state index >= 15 is 0 Å². The number of amides is 1. The summed E-state index contributed by atoms with van der Waals surface area (Å²) < 4.78 is 0. The first-order chi connectivity index (χ1) is 8.11. The Labute approximate surface area is 100 Å². The van der Waals surface area contributed by atoms with E-state index in [0.717, 1.165) is 12.8 Å². The Bertz CT molecular complexity index is 306. The minimum atomic E-state index is -1.38. The van der Waals surface area contributed by atoms with Crippen LogP contribution >= 0.6 is 0 Å². The van der Waals surface area contributed by atoms with Crippen LogP contribution in [0.1, 0.15) is 32.1 Å². The van der Waals surface area contributed by atoms with Gasteiger partial charge in [0.1, 0.15) is 0 Å². The lowest BCUT2D eigenvalue weighted by molar-refractivity contribution is -0.147. The van der Waals surface area contributed by atoms with Crippen molar-refractivity contribution in [3.8, 4) is 0 Å². The predicted octanol–water partition coefficient (Wildman–Crippen LogP) is 0.374. The van der Waals surface area contributed by atoms with Gasteiger partial charge in [0.25, 0.3) is 0 Å². The fourth-order valence-electron chi connectivity index (χ4n) is 2.95. The van der Waals surface area contributed by atoms with Crippen LogP contribution in [0.15, 0.2) is 0 Å². The summed E-state index contributed by atoms with van der Waals surface area (Å²) in [5.41, 5.74) is 0. The molecular weight excluding hydrogens is 222 g/mol. The summed E-state index contributed by atoms with van der Waals surface area (Å²) in [5, 5.41) is 20.2. The molecular formula is C12H19NO4. The van der Waals surface area contributed by atoms with E-state index in [1.165, 1.54) is 12.8 Å². The molecule has 0 radical (unpaired) electrons. The van der Waals surface area contributed by atoms with E-state index in [4.69, 9.17) is 10.2 Å². The first kappa shape index (κ1) is 12.4. The number of carboxylic acids is 1. The standard InChI is InChI=1S/C12H19NO4/c14-9(12(16)17)5-6-13-11(15)10-7-3-1-2-4-8(7)10/h7-10,14H,1-6H2,(H,13,15)(H,16,17). The van der Waals surface area contributed by atoms with Gasteiger partial charge in [0.05, 0.1) is 0 Å². The second-order valence-electron chi connectivity index (χ2n) is 5.07. The summed E-state index contributed by atoms with van der Waals surface area (Å²) in [6, 6.07) is 0. The van der Waals surface area contributed by atoms with Gasteiger partial charge in [0, 0.05) is 18.9 Å². The van der Waals surface area contributed by atoms with Gasteiger partial charge < -0.3 is 15.5 Å². The lowest BCUT2D eigenvalue weighted by Gasteiger charge is -2.07. The number of rotatable bonds is 5. The zero-order valence-corrected chi connectivity index (χ0v) is 9.76. The van der Waals surface area contributed by atoms with Crippen molar-refractivity contribution in [2.75, 3.05) is 6.54 Å². The fourth-order valence-corrected chi connectivity index (χ4v) is 2.95. The van der Waals surface area contributed by atoms with Crippen molar-refractivity contribution < 1.29 is 19.8 Å². The summed E-state index contributed by atoms with van der Waals surface area (Å²) >= 11 is 0. The zero-order chi connectivity index (χ0) is 12.4. The van der Waals surface area contributed by atoms with Gasteiger partial charge in [-0.2, -0.15) is 0 Å². The summed E-state index contributed by atoms with van der Waals surface area (Å²) in [6.07, 6.45) is 3.45. The topological polar surface area (TPSA) is 86.6 Å². The molecule has 0 aromatic rings. The summed E-state index contributed by atoms with van der Waals surface area (Å²) in [6.45, 7) is 0.238. The second-order valence-corrected chi connectivity index (χ2v) is 5.07. The first-order valence-electron chi connectivity index (χ1n) is 6.30. The van der Waals surface area contributed by atoms with Crippen molar-refractivity contribution in [1.29, 1.82) is 0 Å². The maximum atomic E-state index is 11.8. The highest BCUT2D eigenvalue weighted by molar-refractivity contribution is 5.82. The van der Waals surface area contributed by atoms with Crippen LogP contribution in [-0.4, -0.2) is 34.7 Å². The van der Waals surface area contributed by atoms with Gasteiger partial charge in [-0.3, -0.25) is 4.79 Å². The molecule has 3 atom stereocenters. The van der Waals surface area contributed by atoms with E-state index in [9.17, 15) is 9.59 Å². The molecule has 0 spiro atoms. The van der Waals surface area contributed by atoms with Crippen LogP contribution in [0.5, 0.6) is 0 Å². The van der Waals surface area contributed by atoms with Gasteiger partial charge >= 0.3 is 5.97 Å². The van der Waals surface area contributed by atoms with Gasteiger partial charge in [-0.15, -0.1) is 0 Å². The second kappa shape index (κ2) is 5.04. The molecule has 2 aliphatic rings. The molecule has 5 nitrogen and oxygen atoms in total. The van der Waals surface area contributed by atoms with Crippen molar-refractivity contribution in [3.05, 3.63) is 0 Å². The van der Waals surface area contributed by atoms with E-state index in [2.05, 4.69) is 5.32 Å². The largest absolute Gasteiger partial charge is 0.479 e. The lowest BCUT2D eigenvalue weighted by atomic mass is 10.0. The smallest absolute Gasteiger partial charge is 0.332 e. The van der Waals surface area contributed by atoms with Crippen molar-refractivity contribution >= 4 is 11.9 Å². The third kappa shape index (κ3) is 2.77. The van der Waals surface area contributed by atoms with Crippen LogP contribution in [0.3, 0.4) is 0 Å². The monoisotopic (exact) mass is 241 g/mol. The Morgan fingerprint density at radius 1 is 1.24 bits per heavy atom. The van der Waals surface area contributed by atoms with Gasteiger partial charge in [-0.05, 0) is 24.7 Å². The fraction of sp³-hybridized carbons (Fsp3) is 0.833. The van der Waals surface area contributed by atoms with Crippen molar-refractivity contribution in [1.82, 2.24) is 5.32 Å². The highest BCUT2D eigenvalue weighted by Gasteiger charge is 2.54. The molecule has 0 aliphatic heterocycles. The summed E-state index contributed by atoms with van der Waals surface area (Å²) in [4.78, 5) is 22.1. The molecule has 0 heterocycles. The zero-order valence-electron chi connectivity index (χ0n) is 9.76. The van der Waals surface area contributed by atoms with Crippen LogP contribution in [0.2, 0.25) is 0 Å². The Morgan fingerprint density at radius 2 is 1.82 bits per heavy atom. The van der Waals surface area contributed by atoms with Gasteiger partial charge in [-0.1, -0.05) is 12.8 Å². The molecule has 17 heavy (non-hydrogen) atoms. The van der Waals surface area contributed by atoms with Crippen molar-refractivity contribution in [3.63, 3.8) is 0 Å². The molecule has 0 aromatic carbocycles. The van der Waals surface area contributed by atoms with Crippen LogP contribution < -0.4 is 5.32 Å². The van der Waals surface area contributed by atoms with Crippen molar-refractivity contribution in [2.45, 2.75) is 38.2 Å². The minimum absolute atomic E-state index is 0.0412. The number of nitrogens with one attached hydrogen (secondary N) is 1. The molecule has 2 fully saturated rings. The summed E-state index contributed by atoms with van der Waals surface area (Å²) in [5.74, 6) is 0.0830. The van der Waals surface area contributed by atoms with Crippen LogP contribution in [0, 0.1) is 17.8 Å². The van der Waals surface area contributed by atoms with E-state index in [1.807, 2.05) is 0 Å². The molecule has 96 valence electrons. The van der Waals surface area contributed by atoms with Crippen LogP contribution in [0.25, 0.3) is 0 Å². The van der Waals surface area contributed by atoms with E-state index in [-0.39, 0.29) is 24.8 Å². The van der Waals surface area contributed by atoms with Gasteiger partial charge in [0.15, 0.2) is 6.10 Å². The van der Waals surface area contributed by atoms with E-state index < -0.39 is 12.1 Å². The number of aliphatic hydroxyl groups excluding tert-OH is 1. The first-order valence-corrected chi connectivity index (χ1v) is 6.30. The highest BCUT2D eigenvalue weighted by atomic mass is 16.4. The number of hydrogen-bond acceptors (Lipinski definition) is 3. The Balaban J connectivity index is 1.67. The number of carboxylic acid groups (broad SMARTS) is 1. The van der Waals surface area contributed by atoms with E-state index in [0.29, 0.717) is 11.8 Å². The van der Waals surface area contributed by atoms with E-state index in [1.54, 1.807) is 0 Å².